The first kappa shape index (κ1) is 36.2. The molecule has 47 heavy (non-hydrogen) atoms. The number of carbonyl (C=O) groups is 3. The highest BCUT2D eigenvalue weighted by atomic mass is 16.6. The van der Waals surface area contributed by atoms with Crippen molar-refractivity contribution in [2.75, 3.05) is 39.8 Å². The van der Waals surface area contributed by atoms with Gasteiger partial charge in [-0.2, -0.15) is 0 Å². The van der Waals surface area contributed by atoms with Crippen LogP contribution in [0.5, 0.6) is 0 Å². The fourth-order valence-corrected chi connectivity index (χ4v) is 6.10. The summed E-state index contributed by atoms with van der Waals surface area (Å²) in [7, 11) is 2.02. The molecule has 0 unspecified atom stereocenters. The Morgan fingerprint density at radius 1 is 1.06 bits per heavy atom. The van der Waals surface area contributed by atoms with Crippen molar-refractivity contribution in [1.29, 1.82) is 0 Å². The molecule has 0 aliphatic carbocycles. The number of carbonyl (C=O) groups excluding carboxylic acids is 3. The van der Waals surface area contributed by atoms with Crippen molar-refractivity contribution < 1.29 is 33.7 Å². The largest absolute Gasteiger partial charge is 0.457 e. The predicted octanol–water partition coefficient (Wildman–Crippen LogP) is 5.71. The van der Waals surface area contributed by atoms with Crippen LogP contribution < -0.4 is 0 Å². The zero-order chi connectivity index (χ0) is 34.1. The molecule has 1 fully saturated rings. The Balaban J connectivity index is 1.40. The fraction of sp³-hybridized carbons (Fsp3) is 0.595. The summed E-state index contributed by atoms with van der Waals surface area (Å²) < 4.78 is 17.5. The van der Waals surface area contributed by atoms with Gasteiger partial charge in [-0.25, -0.2) is 9.59 Å². The van der Waals surface area contributed by atoms with E-state index in [1.807, 2.05) is 83.3 Å². The average Bonchev–Trinajstić information content (AvgIpc) is 3.47. The molecule has 1 N–H and O–H groups in total. The Kier molecular flexibility index (Phi) is 12.7. The third-order valence-electron chi connectivity index (χ3n) is 9.40. The summed E-state index contributed by atoms with van der Waals surface area (Å²) in [6, 6.07) is 8.02. The monoisotopic (exact) mass is 651 g/mol. The molecule has 2 amide bonds. The van der Waals surface area contributed by atoms with Crippen molar-refractivity contribution in [1.82, 2.24) is 14.7 Å². The molecular formula is C37H53N3O7. The summed E-state index contributed by atoms with van der Waals surface area (Å²) in [5.74, 6) is -0.600. The number of ether oxygens (including phenoxy) is 3. The van der Waals surface area contributed by atoms with Gasteiger partial charge in [-0.15, -0.1) is 0 Å². The molecule has 10 nitrogen and oxygen atoms in total. The summed E-state index contributed by atoms with van der Waals surface area (Å²) in [5, 5.41) is 11.5. The number of fused-ring (bicyclic) bond motifs is 1. The molecular weight excluding hydrogens is 598 g/mol. The lowest BCUT2D eigenvalue weighted by Gasteiger charge is -2.36. The van der Waals surface area contributed by atoms with Crippen molar-refractivity contribution >= 4 is 18.2 Å². The summed E-state index contributed by atoms with van der Waals surface area (Å²) in [6.07, 6.45) is 8.36. The van der Waals surface area contributed by atoms with Crippen LogP contribution in [0.1, 0.15) is 65.0 Å². The summed E-state index contributed by atoms with van der Waals surface area (Å²) in [4.78, 5) is 44.2. The molecule has 6 atom stereocenters. The number of esters is 1. The Bertz CT molecular complexity index is 1310. The molecule has 1 saturated heterocycles. The minimum absolute atomic E-state index is 0.0233. The Morgan fingerprint density at radius 3 is 2.38 bits per heavy atom. The van der Waals surface area contributed by atoms with Gasteiger partial charge >= 0.3 is 18.2 Å². The van der Waals surface area contributed by atoms with Gasteiger partial charge < -0.3 is 29.1 Å². The maximum absolute atomic E-state index is 13.1. The minimum Gasteiger partial charge on any atom is -0.457 e. The topological polar surface area (TPSA) is 109 Å². The van der Waals surface area contributed by atoms with E-state index in [0.717, 1.165) is 29.8 Å². The number of piperazine rings is 1. The van der Waals surface area contributed by atoms with Crippen molar-refractivity contribution in [3.63, 3.8) is 0 Å². The van der Waals surface area contributed by atoms with E-state index >= 15 is 0 Å². The lowest BCUT2D eigenvalue weighted by Crippen LogP contribution is -2.50. The summed E-state index contributed by atoms with van der Waals surface area (Å²) in [5.41, 5.74) is 1.83. The van der Waals surface area contributed by atoms with Crippen LogP contribution in [0.3, 0.4) is 0 Å². The standard InChI is InChI=1S/C37H53N3O7/c1-26-16-17-37(5,44)32(46-36(43)39-20-18-38(6)19-21-39)15-14-29(4)34(47-33(41)22-26)28(3)11-9-10-27(2)25-45-35(42)40-23-30-12-7-8-13-31(30)24-40/h7-15,26-27,29,32,34,44H,16-25H2,1-6H3/b10-9+,15-14+,28-11+/t26-,27-,29+,32+,34-,37-/m1/s1. The number of hydrogen-bond acceptors (Lipinski definition) is 8. The second-order valence-electron chi connectivity index (χ2n) is 13.9. The number of rotatable bonds is 6. The second-order valence-corrected chi connectivity index (χ2v) is 13.9. The number of cyclic esters (lactones) is 1. The summed E-state index contributed by atoms with van der Waals surface area (Å²) >= 11 is 0. The third-order valence-corrected chi connectivity index (χ3v) is 9.40. The van der Waals surface area contributed by atoms with Gasteiger partial charge in [-0.05, 0) is 62.4 Å². The van der Waals surface area contributed by atoms with Crippen molar-refractivity contribution in [2.24, 2.45) is 17.8 Å². The maximum Gasteiger partial charge on any atom is 0.410 e. The zero-order valence-electron chi connectivity index (χ0n) is 28.9. The van der Waals surface area contributed by atoms with Gasteiger partial charge in [-0.3, -0.25) is 9.69 Å². The molecule has 0 aromatic heterocycles. The lowest BCUT2D eigenvalue weighted by molar-refractivity contribution is -0.150. The van der Waals surface area contributed by atoms with Gasteiger partial charge in [0.05, 0.1) is 6.61 Å². The van der Waals surface area contributed by atoms with Crippen LogP contribution in [0.15, 0.2) is 60.2 Å². The molecule has 4 rings (SSSR count). The van der Waals surface area contributed by atoms with E-state index < -0.39 is 23.9 Å². The molecule has 10 heteroatoms. The van der Waals surface area contributed by atoms with Gasteiger partial charge in [0.25, 0.3) is 0 Å². The molecule has 1 aromatic carbocycles. The van der Waals surface area contributed by atoms with Gasteiger partial charge in [0, 0.05) is 57.5 Å². The molecule has 3 aliphatic rings. The highest BCUT2D eigenvalue weighted by molar-refractivity contribution is 5.70. The van der Waals surface area contributed by atoms with Gasteiger partial charge in [0.15, 0.2) is 6.10 Å². The van der Waals surface area contributed by atoms with Crippen LogP contribution in [0.25, 0.3) is 0 Å². The molecule has 1 aromatic rings. The number of aliphatic hydroxyl groups is 1. The SMILES string of the molecule is C/C(=C\C=C\[C@@H](C)COC(=O)N1Cc2ccccc2C1)[C@H]1OC(=O)C[C@H](C)CC[C@@](C)(O)[C@@H](OC(=O)N2CCN(C)CC2)/C=C/[C@@H]1C. The normalized spacial score (nSPS) is 29.3. The fourth-order valence-electron chi connectivity index (χ4n) is 6.10. The molecule has 0 radical (unpaired) electrons. The quantitative estimate of drug-likeness (QED) is 0.181. The van der Waals surface area contributed by atoms with Crippen LogP contribution in [-0.4, -0.2) is 95.6 Å². The number of likely N-dealkylation sites (N-methyl/N-ethyl adjacent to an activating group) is 1. The molecule has 0 bridgehead atoms. The number of nitrogens with zero attached hydrogens (tertiary/aromatic N) is 3. The number of allylic oxidation sites excluding steroid dienone is 2. The molecule has 3 heterocycles. The first-order chi connectivity index (χ1) is 22.3. The van der Waals surface area contributed by atoms with E-state index in [2.05, 4.69) is 4.90 Å². The van der Waals surface area contributed by atoms with E-state index in [1.54, 1.807) is 22.8 Å². The minimum atomic E-state index is -1.31. The number of amides is 2. The van der Waals surface area contributed by atoms with Crippen molar-refractivity contribution in [3.8, 4) is 0 Å². The number of benzene rings is 1. The number of hydrogen-bond donors (Lipinski definition) is 1. The van der Waals surface area contributed by atoms with Crippen LogP contribution in [-0.2, 0) is 32.1 Å². The Morgan fingerprint density at radius 2 is 1.72 bits per heavy atom. The van der Waals surface area contributed by atoms with Crippen molar-refractivity contribution in [3.05, 3.63) is 71.3 Å². The van der Waals surface area contributed by atoms with Gasteiger partial charge in [0.1, 0.15) is 11.7 Å². The molecule has 3 aliphatic heterocycles. The average molecular weight is 652 g/mol. The third kappa shape index (κ3) is 10.4. The van der Waals surface area contributed by atoms with E-state index in [-0.39, 0.29) is 42.8 Å². The molecule has 0 saturated carbocycles. The van der Waals surface area contributed by atoms with Gasteiger partial charge in [-0.1, -0.05) is 69.3 Å². The zero-order valence-corrected chi connectivity index (χ0v) is 28.9. The van der Waals surface area contributed by atoms with E-state index in [4.69, 9.17) is 14.2 Å². The predicted molar refractivity (Wildman–Crippen MR) is 180 cm³/mol. The summed E-state index contributed by atoms with van der Waals surface area (Å²) in [6.45, 7) is 13.5. The van der Waals surface area contributed by atoms with Crippen LogP contribution in [0, 0.1) is 17.8 Å². The first-order valence-corrected chi connectivity index (χ1v) is 16.9. The van der Waals surface area contributed by atoms with Crippen molar-refractivity contribution in [2.45, 2.75) is 84.8 Å². The van der Waals surface area contributed by atoms with E-state index in [0.29, 0.717) is 39.0 Å². The first-order valence-electron chi connectivity index (χ1n) is 16.9. The maximum atomic E-state index is 13.1. The Hall–Kier alpha value is -3.63. The van der Waals surface area contributed by atoms with Crippen LogP contribution >= 0.6 is 0 Å². The highest BCUT2D eigenvalue weighted by Gasteiger charge is 2.36. The van der Waals surface area contributed by atoms with E-state index in [9.17, 15) is 19.5 Å². The molecule has 0 spiro atoms. The van der Waals surface area contributed by atoms with Crippen LogP contribution in [0.2, 0.25) is 0 Å². The smallest absolute Gasteiger partial charge is 0.410 e. The van der Waals surface area contributed by atoms with Crippen LogP contribution in [0.4, 0.5) is 9.59 Å². The second kappa shape index (κ2) is 16.5. The molecule has 258 valence electrons. The van der Waals surface area contributed by atoms with E-state index in [1.165, 1.54) is 0 Å². The Labute approximate surface area is 280 Å². The van der Waals surface area contributed by atoms with Gasteiger partial charge in [0.2, 0.25) is 0 Å². The highest BCUT2D eigenvalue weighted by Crippen LogP contribution is 2.29. The lowest BCUT2D eigenvalue weighted by atomic mass is 9.87.